The molecular weight excluding hydrogens is 445 g/mol. The van der Waals surface area contributed by atoms with Crippen molar-refractivity contribution in [1.29, 1.82) is 0 Å². The van der Waals surface area contributed by atoms with Crippen LogP contribution in [0.2, 0.25) is 0 Å². The largest absolute Gasteiger partial charge is 0.744 e. The second kappa shape index (κ2) is 8.04. The summed E-state index contributed by atoms with van der Waals surface area (Å²) in [5.74, 6) is 0. The van der Waals surface area contributed by atoms with E-state index < -0.39 is 19.9 Å². The highest BCUT2D eigenvalue weighted by Gasteiger charge is 2.13. The van der Waals surface area contributed by atoms with Crippen LogP contribution in [-0.4, -0.2) is 17.9 Å². The Kier molecular flexibility index (Phi) is 6.87. The van der Waals surface area contributed by atoms with Crippen LogP contribution in [0.4, 0.5) is 5.69 Å². The topological polar surface area (TPSA) is 100 Å². The summed E-state index contributed by atoms with van der Waals surface area (Å²) in [6, 6.07) is 12.5. The summed E-state index contributed by atoms with van der Waals surface area (Å²) in [5, 5.41) is 10.1. The molecule has 0 N–H and O–H groups in total. The van der Waals surface area contributed by atoms with Gasteiger partial charge in [-0.2, -0.15) is 0 Å². The molecule has 2 rings (SSSR count). The molecule has 0 aliphatic rings. The molecule has 0 aromatic heterocycles. The Hall–Kier alpha value is -1.52. The molecule has 0 fully saturated rings. The molecule has 0 bridgehead atoms. The van der Waals surface area contributed by atoms with Gasteiger partial charge in [-0.3, -0.25) is 10.1 Å². The van der Waals surface area contributed by atoms with Crippen molar-refractivity contribution in [2.75, 3.05) is 0 Å². The normalized spacial score (nSPS) is 11.4. The molecule has 8 heteroatoms. The lowest BCUT2D eigenvalue weighted by atomic mass is 9.87. The molecule has 0 aliphatic heterocycles. The van der Waals surface area contributed by atoms with Crippen molar-refractivity contribution in [1.82, 2.24) is 0 Å². The lowest BCUT2D eigenvalue weighted by Crippen LogP contribution is -3.34. The Bertz CT molecular complexity index is 794. The summed E-state index contributed by atoms with van der Waals surface area (Å²) in [7, 11) is -4.52. The Labute approximate surface area is 154 Å². The average Bonchev–Trinajstić information content (AvgIpc) is 2.46. The van der Waals surface area contributed by atoms with Crippen molar-refractivity contribution >= 4 is 15.8 Å². The second-order valence-corrected chi connectivity index (χ2v) is 8.70. The SMILES string of the molecule is CC(C)(C)c1ccc([IH+])cc1.O=[N+]([O-])c1ccc(S(=O)(=O)[O-])cc1. The molecule has 0 saturated carbocycles. The van der Waals surface area contributed by atoms with Gasteiger partial charge in [0, 0.05) is 12.1 Å². The third-order valence-electron chi connectivity index (χ3n) is 3.06. The van der Waals surface area contributed by atoms with Gasteiger partial charge in [-0.25, -0.2) is 8.42 Å². The van der Waals surface area contributed by atoms with Crippen LogP contribution in [0.25, 0.3) is 0 Å². The van der Waals surface area contributed by atoms with Crippen LogP contribution >= 0.6 is 0 Å². The number of halogens is 1. The number of hydrogen-bond acceptors (Lipinski definition) is 5. The lowest BCUT2D eigenvalue weighted by molar-refractivity contribution is -0.384. The average molecular weight is 463 g/mol. The minimum Gasteiger partial charge on any atom is -0.744 e. The highest BCUT2D eigenvalue weighted by molar-refractivity contribution is 7.85. The molecule has 0 heterocycles. The number of hydrogen-bond donors (Lipinski definition) is 0. The number of nitro groups is 1. The van der Waals surface area contributed by atoms with Crippen LogP contribution in [-0.2, 0) is 15.5 Å². The first-order valence-corrected chi connectivity index (χ1v) is 9.46. The van der Waals surface area contributed by atoms with Gasteiger partial charge in [0.15, 0.2) is 3.57 Å². The molecule has 0 amide bonds. The Morgan fingerprint density at radius 3 is 1.75 bits per heavy atom. The summed E-state index contributed by atoms with van der Waals surface area (Å²) in [4.78, 5) is 8.99. The maximum absolute atomic E-state index is 10.4. The van der Waals surface area contributed by atoms with E-state index in [9.17, 15) is 23.1 Å². The predicted molar refractivity (Wildman–Crippen MR) is 86.3 cm³/mol. The van der Waals surface area contributed by atoms with E-state index in [2.05, 4.69) is 45.0 Å². The predicted octanol–water partition coefficient (Wildman–Crippen LogP) is -0.0618. The van der Waals surface area contributed by atoms with E-state index in [-0.39, 0.29) is 11.1 Å². The first-order chi connectivity index (χ1) is 10.9. The molecule has 2 aromatic rings. The molecule has 0 saturated heterocycles. The van der Waals surface area contributed by atoms with Gasteiger partial charge in [0.1, 0.15) is 10.1 Å². The van der Waals surface area contributed by atoms with Gasteiger partial charge in [-0.1, -0.05) is 32.9 Å². The molecule has 0 spiro atoms. The fourth-order valence-corrected chi connectivity index (χ4v) is 2.55. The van der Waals surface area contributed by atoms with E-state index in [1.165, 1.54) is 9.13 Å². The van der Waals surface area contributed by atoms with Crippen LogP contribution in [0.15, 0.2) is 53.4 Å². The zero-order chi connectivity index (χ0) is 18.5. The Morgan fingerprint density at radius 1 is 0.958 bits per heavy atom. The van der Waals surface area contributed by atoms with Gasteiger partial charge in [-0.15, -0.1) is 0 Å². The van der Waals surface area contributed by atoms with E-state index in [0.29, 0.717) is 0 Å². The van der Waals surface area contributed by atoms with Crippen LogP contribution in [0.1, 0.15) is 26.3 Å². The van der Waals surface area contributed by atoms with Crippen LogP contribution in [0, 0.1) is 13.7 Å². The summed E-state index contributed by atoms with van der Waals surface area (Å²) in [6.07, 6.45) is 0. The third-order valence-corrected chi connectivity index (χ3v) is 4.68. The van der Waals surface area contributed by atoms with Gasteiger partial charge in [0.05, 0.1) is 9.82 Å². The van der Waals surface area contributed by atoms with Crippen LogP contribution in [0.3, 0.4) is 0 Å². The van der Waals surface area contributed by atoms with E-state index >= 15 is 0 Å². The van der Waals surface area contributed by atoms with Crippen molar-refractivity contribution in [2.45, 2.75) is 31.1 Å². The van der Waals surface area contributed by atoms with Crippen molar-refractivity contribution in [3.8, 4) is 0 Å². The summed E-state index contributed by atoms with van der Waals surface area (Å²) in [6.45, 7) is 6.70. The second-order valence-electron chi connectivity index (χ2n) is 5.98. The number of nitro benzene ring substituents is 1. The first kappa shape index (κ1) is 20.5. The van der Waals surface area contributed by atoms with E-state index in [0.717, 1.165) is 24.3 Å². The van der Waals surface area contributed by atoms with Gasteiger partial charge in [0.25, 0.3) is 28.3 Å². The summed E-state index contributed by atoms with van der Waals surface area (Å²) >= 11 is 2.05. The van der Waals surface area contributed by atoms with Crippen molar-refractivity contribution < 1.29 is 40.5 Å². The molecule has 24 heavy (non-hydrogen) atoms. The minimum atomic E-state index is -4.52. The van der Waals surface area contributed by atoms with Gasteiger partial charge in [0.2, 0.25) is 0 Å². The molecule has 6 nitrogen and oxygen atoms in total. The maximum Gasteiger partial charge on any atom is 0.296 e. The maximum atomic E-state index is 10.4. The fraction of sp³-hybridized carbons (Fsp3) is 0.250. The lowest BCUT2D eigenvalue weighted by Gasteiger charge is -2.17. The highest BCUT2D eigenvalue weighted by Crippen LogP contribution is 2.20. The Balaban J connectivity index is 0.000000243. The van der Waals surface area contributed by atoms with E-state index in [1.54, 1.807) is 0 Å². The van der Waals surface area contributed by atoms with Crippen molar-refractivity contribution in [2.24, 2.45) is 0 Å². The van der Waals surface area contributed by atoms with Gasteiger partial charge in [-0.05, 0) is 35.2 Å². The van der Waals surface area contributed by atoms with E-state index in [4.69, 9.17) is 0 Å². The van der Waals surface area contributed by atoms with Gasteiger partial charge >= 0.3 is 0 Å². The fourth-order valence-electron chi connectivity index (χ4n) is 1.69. The quantitative estimate of drug-likeness (QED) is 0.269. The number of benzene rings is 2. The van der Waals surface area contributed by atoms with Crippen molar-refractivity contribution in [3.05, 3.63) is 67.8 Å². The monoisotopic (exact) mass is 463 g/mol. The molecule has 0 radical (unpaired) electrons. The number of rotatable bonds is 2. The summed E-state index contributed by atoms with van der Waals surface area (Å²) < 4.78 is 32.5. The van der Waals surface area contributed by atoms with Crippen molar-refractivity contribution in [3.63, 3.8) is 0 Å². The Morgan fingerprint density at radius 2 is 1.42 bits per heavy atom. The smallest absolute Gasteiger partial charge is 0.296 e. The molecule has 0 atom stereocenters. The number of non-ortho nitro benzene ring substituents is 1. The molecular formula is C16H18INO5S. The zero-order valence-electron chi connectivity index (χ0n) is 13.4. The highest BCUT2D eigenvalue weighted by atomic mass is 127. The zero-order valence-corrected chi connectivity index (χ0v) is 16.6. The molecule has 0 aliphatic carbocycles. The molecule has 130 valence electrons. The first-order valence-electron chi connectivity index (χ1n) is 6.89. The van der Waals surface area contributed by atoms with Crippen LogP contribution < -0.4 is 22.6 Å². The van der Waals surface area contributed by atoms with Gasteiger partial charge < -0.3 is 4.55 Å². The van der Waals surface area contributed by atoms with Crippen LogP contribution in [0.5, 0.6) is 0 Å². The molecule has 0 unspecified atom stereocenters. The number of nitrogens with zero attached hydrogens (tertiary/aromatic N) is 1. The van der Waals surface area contributed by atoms with E-state index in [1.807, 2.05) is 22.6 Å². The standard InChI is InChI=1S/C10H14I.C6H5NO5S/c1-10(2,3)8-4-6-9(11)7-5-8;8-7(9)5-1-3-6(4-2-5)13(10,11)12/h4-7,11H,1-3H3;1-4H,(H,10,11,12)/q+1;/p-1. The third kappa shape index (κ3) is 6.54. The molecule has 2 aromatic carbocycles. The minimum absolute atomic E-state index is 0.257. The summed E-state index contributed by atoms with van der Waals surface area (Å²) in [5.41, 5.74) is 1.44.